The van der Waals surface area contributed by atoms with E-state index in [9.17, 15) is 31.2 Å². The van der Waals surface area contributed by atoms with Crippen LogP contribution in [-0.2, 0) is 9.84 Å². The normalized spacial score (nSPS) is 14.4. The third-order valence-electron chi connectivity index (χ3n) is 4.73. The highest BCUT2D eigenvalue weighted by Crippen LogP contribution is 2.35. The zero-order chi connectivity index (χ0) is 23.1. The number of alkyl halides is 3. The van der Waals surface area contributed by atoms with Crippen molar-refractivity contribution in [3.8, 4) is 0 Å². The molecule has 0 radical (unpaired) electrons. The van der Waals surface area contributed by atoms with Gasteiger partial charge in [-0.15, -0.1) is 11.8 Å². The van der Waals surface area contributed by atoms with E-state index < -0.39 is 33.5 Å². The molecule has 1 aliphatic rings. The molecule has 1 N–H and O–H groups in total. The maximum atomic E-state index is 13.0. The molecular formula is C22H14F3NO4S2. The lowest BCUT2D eigenvalue weighted by atomic mass is 10.0. The number of carbonyl (C=O) groups is 2. The van der Waals surface area contributed by atoms with E-state index in [2.05, 4.69) is 5.32 Å². The lowest BCUT2D eigenvalue weighted by Crippen LogP contribution is -2.21. The van der Waals surface area contributed by atoms with Crippen molar-refractivity contribution in [3.05, 3.63) is 83.4 Å². The smallest absolute Gasteiger partial charge is 0.321 e. The molecule has 3 aromatic rings. The first-order valence-corrected chi connectivity index (χ1v) is 11.7. The van der Waals surface area contributed by atoms with Gasteiger partial charge in [-0.25, -0.2) is 8.42 Å². The second-order valence-electron chi connectivity index (χ2n) is 6.89. The summed E-state index contributed by atoms with van der Waals surface area (Å²) in [6.07, 6.45) is -4.38. The average molecular weight is 477 g/mol. The predicted octanol–water partition coefficient (Wildman–Crippen LogP) is 4.97. The fourth-order valence-electron chi connectivity index (χ4n) is 3.28. The van der Waals surface area contributed by atoms with Crippen LogP contribution in [-0.4, -0.2) is 32.0 Å². The highest BCUT2D eigenvalue weighted by Gasteiger charge is 2.35. The maximum absolute atomic E-state index is 13.0. The van der Waals surface area contributed by atoms with Crippen molar-refractivity contribution in [3.63, 3.8) is 0 Å². The molecule has 0 spiro atoms. The number of ketones is 1. The van der Waals surface area contributed by atoms with Crippen LogP contribution in [0.1, 0.15) is 26.3 Å². The number of hydrogen-bond acceptors (Lipinski definition) is 5. The number of anilines is 1. The molecule has 1 heterocycles. The molecule has 0 fully saturated rings. The average Bonchev–Trinajstić information content (AvgIpc) is 2.76. The summed E-state index contributed by atoms with van der Waals surface area (Å²) in [4.78, 5) is 25.3. The monoisotopic (exact) mass is 477 g/mol. The van der Waals surface area contributed by atoms with Gasteiger partial charge in [0.05, 0.1) is 21.2 Å². The summed E-state index contributed by atoms with van der Waals surface area (Å²) in [6, 6.07) is 15.5. The molecular weight excluding hydrogens is 463 g/mol. The number of benzene rings is 3. The summed E-state index contributed by atoms with van der Waals surface area (Å²) in [5, 5.41) is 2.52. The summed E-state index contributed by atoms with van der Waals surface area (Å²) < 4.78 is 63.8. The summed E-state index contributed by atoms with van der Waals surface area (Å²) >= 11 is 0.526. The standard InChI is InChI=1S/C22H14F3NO4S2/c23-22(24,25)12-31-17-7-3-2-6-16(17)26-21(28)13-9-10-15-19(11-13)32(29,30)18-8-4-1-5-14(18)20(15)27/h1-11H,12H2,(H,26,28). The fourth-order valence-corrected chi connectivity index (χ4v) is 5.72. The van der Waals surface area contributed by atoms with Crippen LogP contribution < -0.4 is 5.32 Å². The zero-order valence-electron chi connectivity index (χ0n) is 16.1. The number of carbonyl (C=O) groups excluding carboxylic acids is 2. The molecule has 164 valence electrons. The Morgan fingerprint density at radius 2 is 1.56 bits per heavy atom. The van der Waals surface area contributed by atoms with Crippen LogP contribution in [0.2, 0.25) is 0 Å². The van der Waals surface area contributed by atoms with Crippen molar-refractivity contribution in [2.45, 2.75) is 20.9 Å². The molecule has 0 aliphatic carbocycles. The van der Waals surface area contributed by atoms with E-state index >= 15 is 0 Å². The van der Waals surface area contributed by atoms with Crippen LogP contribution in [0.4, 0.5) is 18.9 Å². The van der Waals surface area contributed by atoms with E-state index in [0.29, 0.717) is 11.8 Å². The number of fused-ring (bicyclic) bond motifs is 2. The number of amides is 1. The first-order chi connectivity index (χ1) is 15.1. The Morgan fingerprint density at radius 3 is 2.31 bits per heavy atom. The highest BCUT2D eigenvalue weighted by atomic mass is 32.2. The molecule has 0 atom stereocenters. The van der Waals surface area contributed by atoms with Gasteiger partial charge in [-0.3, -0.25) is 9.59 Å². The van der Waals surface area contributed by atoms with E-state index in [-0.39, 0.29) is 37.1 Å². The quantitative estimate of drug-likeness (QED) is 0.420. The maximum Gasteiger partial charge on any atom is 0.398 e. The molecule has 4 rings (SSSR count). The molecule has 0 unspecified atom stereocenters. The molecule has 0 saturated heterocycles. The molecule has 3 aromatic carbocycles. The lowest BCUT2D eigenvalue weighted by molar-refractivity contribution is -0.105. The number of rotatable bonds is 4. The summed E-state index contributed by atoms with van der Waals surface area (Å²) in [5.41, 5.74) is 0.137. The third-order valence-corrected chi connectivity index (χ3v) is 7.72. The van der Waals surface area contributed by atoms with Crippen molar-refractivity contribution in [2.24, 2.45) is 0 Å². The molecule has 1 aliphatic heterocycles. The molecule has 5 nitrogen and oxygen atoms in total. The van der Waals surface area contributed by atoms with E-state index in [4.69, 9.17) is 0 Å². The molecule has 0 aromatic heterocycles. The van der Waals surface area contributed by atoms with Gasteiger partial charge in [0.25, 0.3) is 5.91 Å². The van der Waals surface area contributed by atoms with Crippen molar-refractivity contribution in [2.75, 3.05) is 11.1 Å². The number of thioether (sulfide) groups is 1. The van der Waals surface area contributed by atoms with Crippen LogP contribution in [0.3, 0.4) is 0 Å². The van der Waals surface area contributed by atoms with Crippen LogP contribution in [0.15, 0.2) is 81.4 Å². The van der Waals surface area contributed by atoms with Gasteiger partial charge in [0.2, 0.25) is 9.84 Å². The Labute approximate surface area is 185 Å². The van der Waals surface area contributed by atoms with Gasteiger partial charge in [-0.1, -0.05) is 24.3 Å². The van der Waals surface area contributed by atoms with Crippen molar-refractivity contribution in [1.82, 2.24) is 0 Å². The van der Waals surface area contributed by atoms with Gasteiger partial charge >= 0.3 is 6.18 Å². The Bertz CT molecular complexity index is 1350. The van der Waals surface area contributed by atoms with Crippen LogP contribution in [0.5, 0.6) is 0 Å². The second kappa shape index (κ2) is 8.10. The molecule has 1 amide bonds. The topological polar surface area (TPSA) is 80.3 Å². The molecule has 10 heteroatoms. The van der Waals surface area contributed by atoms with Crippen LogP contribution in [0.25, 0.3) is 0 Å². The minimum atomic E-state index is -4.38. The number of halogens is 3. The van der Waals surface area contributed by atoms with Gasteiger partial charge in [-0.05, 0) is 42.5 Å². The zero-order valence-corrected chi connectivity index (χ0v) is 17.8. The van der Waals surface area contributed by atoms with Crippen LogP contribution in [0, 0.1) is 0 Å². The van der Waals surface area contributed by atoms with Crippen LogP contribution >= 0.6 is 11.8 Å². The Balaban J connectivity index is 1.66. The van der Waals surface area contributed by atoms with E-state index in [0.717, 1.165) is 6.07 Å². The molecule has 32 heavy (non-hydrogen) atoms. The third kappa shape index (κ3) is 4.15. The number of nitrogens with one attached hydrogen (secondary N) is 1. The minimum absolute atomic E-state index is 0.0404. The van der Waals surface area contributed by atoms with Gasteiger partial charge in [0.1, 0.15) is 0 Å². The first kappa shape index (κ1) is 22.1. The summed E-state index contributed by atoms with van der Waals surface area (Å²) in [7, 11) is -4.03. The minimum Gasteiger partial charge on any atom is -0.321 e. The largest absolute Gasteiger partial charge is 0.398 e. The Kier molecular flexibility index (Phi) is 5.59. The summed E-state index contributed by atoms with van der Waals surface area (Å²) in [6.45, 7) is 0. The van der Waals surface area contributed by atoms with Crippen molar-refractivity contribution in [1.29, 1.82) is 0 Å². The van der Waals surface area contributed by atoms with Gasteiger partial charge in [0, 0.05) is 21.6 Å². The van der Waals surface area contributed by atoms with E-state index in [1.54, 1.807) is 18.2 Å². The number of sulfone groups is 1. The molecule has 0 bridgehead atoms. The van der Waals surface area contributed by atoms with E-state index in [1.807, 2.05) is 0 Å². The van der Waals surface area contributed by atoms with Crippen molar-refractivity contribution >= 4 is 39.0 Å². The SMILES string of the molecule is O=C(Nc1ccccc1SCC(F)(F)F)c1ccc2c(c1)S(=O)(=O)c1ccccc1C2=O. The number of hydrogen-bond donors (Lipinski definition) is 1. The van der Waals surface area contributed by atoms with Gasteiger partial charge < -0.3 is 5.32 Å². The lowest BCUT2D eigenvalue weighted by Gasteiger charge is -2.19. The first-order valence-electron chi connectivity index (χ1n) is 9.21. The predicted molar refractivity (Wildman–Crippen MR) is 113 cm³/mol. The Morgan fingerprint density at radius 1 is 0.906 bits per heavy atom. The fraction of sp³-hybridized carbons (Fsp3) is 0.0909. The second-order valence-corrected chi connectivity index (χ2v) is 9.80. The number of para-hydroxylation sites is 1. The Hall–Kier alpha value is -3.11. The van der Waals surface area contributed by atoms with E-state index in [1.165, 1.54) is 42.5 Å². The van der Waals surface area contributed by atoms with Gasteiger partial charge in [0.15, 0.2) is 5.78 Å². The summed E-state index contributed by atoms with van der Waals surface area (Å²) in [5.74, 6) is -2.31. The van der Waals surface area contributed by atoms with Crippen molar-refractivity contribution < 1.29 is 31.2 Å². The molecule has 0 saturated carbocycles. The highest BCUT2D eigenvalue weighted by molar-refractivity contribution is 7.99. The van der Waals surface area contributed by atoms with Gasteiger partial charge in [-0.2, -0.15) is 13.2 Å².